The molecule has 2 unspecified atom stereocenters. The number of carbonyl (C=O) groups is 2. The fourth-order valence-corrected chi connectivity index (χ4v) is 5.86. The van der Waals surface area contributed by atoms with Gasteiger partial charge in [-0.05, 0) is 42.8 Å². The highest BCUT2D eigenvalue weighted by molar-refractivity contribution is 7.74. The van der Waals surface area contributed by atoms with Gasteiger partial charge in [-0.15, -0.1) is 0 Å². The smallest absolute Gasteiger partial charge is 0.337 e. The standard InChI is InChI=1S/C22H21N2O5P/c1-22(23,18-13-7-5-11-16(18)20(25)26)30(29,15-9-3-2-4-10-15)24-19-14-8-6-12-17(19)21(27)28/h2-14H,23H2,1H3,(H,24,29)(H,25,26)(H,27,28). The van der Waals surface area contributed by atoms with Crippen molar-refractivity contribution in [2.45, 2.75) is 12.2 Å². The van der Waals surface area contributed by atoms with Gasteiger partial charge in [-0.2, -0.15) is 0 Å². The molecule has 0 aliphatic rings. The summed E-state index contributed by atoms with van der Waals surface area (Å²) >= 11 is 0. The maximum absolute atomic E-state index is 14.5. The number of carboxylic acids is 2. The minimum Gasteiger partial charge on any atom is -0.478 e. The summed E-state index contributed by atoms with van der Waals surface area (Å²) in [6.07, 6.45) is 0. The van der Waals surface area contributed by atoms with Crippen molar-refractivity contribution >= 4 is 30.2 Å². The zero-order valence-corrected chi connectivity index (χ0v) is 17.0. The number of nitrogens with two attached hydrogens (primary N) is 1. The molecule has 0 heterocycles. The van der Waals surface area contributed by atoms with Crippen LogP contribution in [0, 0.1) is 0 Å². The Labute approximate surface area is 173 Å². The molecule has 0 aliphatic carbocycles. The summed E-state index contributed by atoms with van der Waals surface area (Å²) in [5.41, 5.74) is 6.77. The Balaban J connectivity index is 2.26. The van der Waals surface area contributed by atoms with Gasteiger partial charge < -0.3 is 21.0 Å². The molecule has 0 spiro atoms. The van der Waals surface area contributed by atoms with Crippen molar-refractivity contribution in [1.29, 1.82) is 0 Å². The summed E-state index contributed by atoms with van der Waals surface area (Å²) in [6.45, 7) is 1.49. The van der Waals surface area contributed by atoms with Crippen molar-refractivity contribution < 1.29 is 24.4 Å². The minimum absolute atomic E-state index is 0.0732. The van der Waals surface area contributed by atoms with Gasteiger partial charge in [0.05, 0.1) is 16.8 Å². The van der Waals surface area contributed by atoms with Crippen LogP contribution in [0.15, 0.2) is 78.9 Å². The van der Waals surface area contributed by atoms with Crippen LogP contribution in [-0.2, 0) is 9.85 Å². The fourth-order valence-electron chi connectivity index (χ4n) is 3.30. The quantitative estimate of drug-likeness (QED) is 0.423. The van der Waals surface area contributed by atoms with Crippen molar-refractivity contribution in [3.8, 4) is 0 Å². The van der Waals surface area contributed by atoms with Crippen molar-refractivity contribution in [3.63, 3.8) is 0 Å². The molecule has 0 aliphatic heterocycles. The predicted octanol–water partition coefficient (Wildman–Crippen LogP) is 3.93. The average Bonchev–Trinajstić information content (AvgIpc) is 2.74. The Morgan fingerprint density at radius 2 is 1.33 bits per heavy atom. The van der Waals surface area contributed by atoms with E-state index in [1.165, 1.54) is 31.2 Å². The van der Waals surface area contributed by atoms with Gasteiger partial charge >= 0.3 is 11.9 Å². The van der Waals surface area contributed by atoms with E-state index in [0.717, 1.165) is 0 Å². The predicted molar refractivity (Wildman–Crippen MR) is 116 cm³/mol. The number of carboxylic acid groups (broad SMARTS) is 2. The third kappa shape index (κ3) is 3.73. The highest BCUT2D eigenvalue weighted by Crippen LogP contribution is 2.59. The second-order valence-electron chi connectivity index (χ2n) is 6.91. The monoisotopic (exact) mass is 424 g/mol. The van der Waals surface area contributed by atoms with Crippen molar-refractivity contribution in [2.75, 3.05) is 5.09 Å². The Morgan fingerprint density at radius 1 is 0.833 bits per heavy atom. The SMILES string of the molecule is CC(N)(c1ccccc1C(=O)O)P(=O)(Nc1ccccc1C(=O)O)c1ccccc1. The summed E-state index contributed by atoms with van der Waals surface area (Å²) in [4.78, 5) is 23.5. The molecule has 3 aromatic carbocycles. The third-order valence-electron chi connectivity index (χ3n) is 4.91. The first-order valence-electron chi connectivity index (χ1n) is 9.06. The van der Waals surface area contributed by atoms with Crippen LogP contribution in [0.25, 0.3) is 0 Å². The van der Waals surface area contributed by atoms with Crippen molar-refractivity contribution in [2.24, 2.45) is 5.73 Å². The zero-order valence-electron chi connectivity index (χ0n) is 16.1. The largest absolute Gasteiger partial charge is 0.478 e. The number of nitrogens with one attached hydrogen (secondary N) is 1. The number of hydrogen-bond acceptors (Lipinski definition) is 4. The average molecular weight is 424 g/mol. The van der Waals surface area contributed by atoms with Crippen LogP contribution in [0.4, 0.5) is 5.69 Å². The second-order valence-corrected chi connectivity index (χ2v) is 9.79. The van der Waals surface area contributed by atoms with Gasteiger partial charge in [0.2, 0.25) is 7.29 Å². The van der Waals surface area contributed by atoms with Crippen LogP contribution in [0.3, 0.4) is 0 Å². The van der Waals surface area contributed by atoms with E-state index >= 15 is 0 Å². The summed E-state index contributed by atoms with van der Waals surface area (Å²) in [5.74, 6) is -2.39. The Morgan fingerprint density at radius 3 is 1.93 bits per heavy atom. The molecular weight excluding hydrogens is 403 g/mol. The first-order valence-corrected chi connectivity index (χ1v) is 10.8. The van der Waals surface area contributed by atoms with E-state index in [0.29, 0.717) is 5.30 Å². The molecule has 3 aromatic rings. The molecular formula is C22H21N2O5P. The van der Waals surface area contributed by atoms with Gasteiger partial charge in [-0.3, -0.25) is 4.57 Å². The molecule has 2 atom stereocenters. The van der Waals surface area contributed by atoms with Crippen LogP contribution < -0.4 is 16.1 Å². The van der Waals surface area contributed by atoms with E-state index in [1.54, 1.807) is 54.6 Å². The Bertz CT molecular complexity index is 1150. The summed E-state index contributed by atoms with van der Waals surface area (Å²) < 4.78 is 14.5. The molecule has 154 valence electrons. The number of anilines is 1. The third-order valence-corrected chi connectivity index (χ3v) is 8.04. The van der Waals surface area contributed by atoms with E-state index < -0.39 is 24.5 Å². The molecule has 0 bridgehead atoms. The molecule has 0 amide bonds. The van der Waals surface area contributed by atoms with Gasteiger partial charge in [-0.1, -0.05) is 48.5 Å². The van der Waals surface area contributed by atoms with Gasteiger partial charge in [-0.25, -0.2) is 9.59 Å². The fraction of sp³-hybridized carbons (Fsp3) is 0.0909. The molecule has 0 saturated carbocycles. The number of hydrogen-bond donors (Lipinski definition) is 4. The first kappa shape index (κ1) is 21.3. The zero-order chi connectivity index (χ0) is 21.9. The van der Waals surface area contributed by atoms with Crippen LogP contribution in [0.2, 0.25) is 0 Å². The maximum atomic E-state index is 14.5. The number of para-hydroxylation sites is 1. The van der Waals surface area contributed by atoms with E-state index in [-0.39, 0.29) is 22.4 Å². The number of benzene rings is 3. The van der Waals surface area contributed by atoms with E-state index in [9.17, 15) is 24.4 Å². The molecule has 5 N–H and O–H groups in total. The summed E-state index contributed by atoms with van der Waals surface area (Å²) in [7, 11) is -3.85. The minimum atomic E-state index is -3.85. The molecule has 0 saturated heterocycles. The maximum Gasteiger partial charge on any atom is 0.337 e. The molecule has 0 radical (unpaired) electrons. The van der Waals surface area contributed by atoms with E-state index in [1.807, 2.05) is 0 Å². The van der Waals surface area contributed by atoms with Crippen LogP contribution in [0.1, 0.15) is 33.2 Å². The topological polar surface area (TPSA) is 130 Å². The lowest BCUT2D eigenvalue weighted by molar-refractivity contribution is 0.0685. The molecule has 0 fully saturated rings. The Hall–Kier alpha value is -3.41. The van der Waals surface area contributed by atoms with Crippen LogP contribution >= 0.6 is 7.29 Å². The Kier molecular flexibility index (Phi) is 5.78. The lowest BCUT2D eigenvalue weighted by Crippen LogP contribution is -2.40. The summed E-state index contributed by atoms with van der Waals surface area (Å²) in [6, 6.07) is 20.5. The first-order chi connectivity index (χ1) is 14.2. The second kappa shape index (κ2) is 8.14. The lowest BCUT2D eigenvalue weighted by Gasteiger charge is -2.37. The van der Waals surface area contributed by atoms with Crippen LogP contribution in [-0.4, -0.2) is 22.2 Å². The molecule has 3 rings (SSSR count). The van der Waals surface area contributed by atoms with Gasteiger partial charge in [0, 0.05) is 5.30 Å². The number of rotatable bonds is 7. The molecule has 8 heteroatoms. The van der Waals surface area contributed by atoms with Gasteiger partial charge in [0.1, 0.15) is 5.28 Å². The molecule has 0 aromatic heterocycles. The van der Waals surface area contributed by atoms with Crippen molar-refractivity contribution in [3.05, 3.63) is 95.6 Å². The molecule has 30 heavy (non-hydrogen) atoms. The van der Waals surface area contributed by atoms with Gasteiger partial charge in [0.15, 0.2) is 0 Å². The lowest BCUT2D eigenvalue weighted by atomic mass is 10.0. The van der Waals surface area contributed by atoms with Crippen LogP contribution in [0.5, 0.6) is 0 Å². The van der Waals surface area contributed by atoms with Crippen molar-refractivity contribution in [1.82, 2.24) is 0 Å². The van der Waals surface area contributed by atoms with Gasteiger partial charge in [0.25, 0.3) is 0 Å². The van der Waals surface area contributed by atoms with E-state index in [2.05, 4.69) is 5.09 Å². The normalized spacial score (nSPS) is 14.9. The number of aromatic carboxylic acids is 2. The molecule has 7 nitrogen and oxygen atoms in total. The highest BCUT2D eigenvalue weighted by atomic mass is 31.2. The van der Waals surface area contributed by atoms with E-state index in [4.69, 9.17) is 5.73 Å². The highest BCUT2D eigenvalue weighted by Gasteiger charge is 2.46. The summed E-state index contributed by atoms with van der Waals surface area (Å²) in [5, 5.41) is 20.7.